The maximum atomic E-state index is 12.7. The lowest BCUT2D eigenvalue weighted by Crippen LogP contribution is -2.40. The first-order valence-corrected chi connectivity index (χ1v) is 15.0. The van der Waals surface area contributed by atoms with Crippen molar-refractivity contribution in [1.82, 2.24) is 29.8 Å². The number of carbonyl (C=O) groups is 2. The fourth-order valence-corrected chi connectivity index (χ4v) is 5.21. The van der Waals surface area contributed by atoms with Crippen molar-refractivity contribution in [3.63, 3.8) is 0 Å². The summed E-state index contributed by atoms with van der Waals surface area (Å²) in [6.07, 6.45) is 2.62. The number of carbonyl (C=O) groups excluding carboxylic acids is 2. The zero-order valence-electron chi connectivity index (χ0n) is 25.6. The van der Waals surface area contributed by atoms with Crippen LogP contribution in [0.4, 0.5) is 11.5 Å². The predicted molar refractivity (Wildman–Crippen MR) is 170 cm³/mol. The molecule has 0 radical (unpaired) electrons. The smallest absolute Gasteiger partial charge is 0.230 e. The number of amides is 2. The minimum atomic E-state index is -0.197. The fourth-order valence-electron chi connectivity index (χ4n) is 5.21. The maximum Gasteiger partial charge on any atom is 0.230 e. The summed E-state index contributed by atoms with van der Waals surface area (Å²) in [6.45, 7) is 8.57. The Morgan fingerprint density at radius 3 is 2.42 bits per heavy atom. The SMILES string of the molecule is CC(C)(C)c1cc(CC(=O)Nc2ccc(-n3nc(-c4ccc(CCC(=O)N5CCOCC5)cc4)c4c(N)ncnc43)cc2)no1. The van der Waals surface area contributed by atoms with Gasteiger partial charge < -0.3 is 25.2 Å². The van der Waals surface area contributed by atoms with Gasteiger partial charge in [-0.15, -0.1) is 0 Å². The van der Waals surface area contributed by atoms with Crippen LogP contribution >= 0.6 is 0 Å². The molecule has 0 aliphatic carbocycles. The zero-order chi connectivity index (χ0) is 31.6. The van der Waals surface area contributed by atoms with Crippen LogP contribution in [0.1, 0.15) is 44.2 Å². The van der Waals surface area contributed by atoms with E-state index in [4.69, 9.17) is 20.1 Å². The molecular weight excluding hydrogens is 572 g/mol. The first kappa shape index (κ1) is 29.9. The monoisotopic (exact) mass is 608 g/mol. The van der Waals surface area contributed by atoms with E-state index in [0.717, 1.165) is 22.6 Å². The number of aromatic nitrogens is 5. The molecule has 0 saturated carbocycles. The number of ether oxygens (including phenoxy) is 1. The van der Waals surface area contributed by atoms with Gasteiger partial charge in [-0.2, -0.15) is 5.10 Å². The van der Waals surface area contributed by atoms with E-state index in [1.54, 1.807) is 16.8 Å². The summed E-state index contributed by atoms with van der Waals surface area (Å²) < 4.78 is 12.5. The Hall–Kier alpha value is -5.10. The quantitative estimate of drug-likeness (QED) is 0.262. The summed E-state index contributed by atoms with van der Waals surface area (Å²) in [7, 11) is 0. The van der Waals surface area contributed by atoms with Crippen LogP contribution in [0.2, 0.25) is 0 Å². The molecule has 0 spiro atoms. The summed E-state index contributed by atoms with van der Waals surface area (Å²) >= 11 is 0. The molecule has 5 aromatic rings. The van der Waals surface area contributed by atoms with Gasteiger partial charge in [-0.3, -0.25) is 9.59 Å². The van der Waals surface area contributed by atoms with E-state index in [9.17, 15) is 9.59 Å². The normalized spacial score (nSPS) is 13.7. The summed E-state index contributed by atoms with van der Waals surface area (Å²) in [5, 5.41) is 12.5. The molecule has 0 unspecified atom stereocenters. The van der Waals surface area contributed by atoms with Crippen molar-refractivity contribution >= 4 is 34.4 Å². The Bertz CT molecular complexity index is 1810. The molecule has 1 saturated heterocycles. The minimum absolute atomic E-state index is 0.105. The van der Waals surface area contributed by atoms with Gasteiger partial charge >= 0.3 is 0 Å². The van der Waals surface area contributed by atoms with Crippen molar-refractivity contribution in [2.24, 2.45) is 0 Å². The van der Waals surface area contributed by atoms with Gasteiger partial charge in [0.2, 0.25) is 11.8 Å². The van der Waals surface area contributed by atoms with Crippen LogP contribution in [0.5, 0.6) is 0 Å². The van der Waals surface area contributed by atoms with E-state index in [-0.39, 0.29) is 23.7 Å². The van der Waals surface area contributed by atoms with Crippen LogP contribution in [0, 0.1) is 0 Å². The van der Waals surface area contributed by atoms with Gasteiger partial charge in [-0.1, -0.05) is 50.2 Å². The van der Waals surface area contributed by atoms with Crippen molar-refractivity contribution in [2.75, 3.05) is 37.4 Å². The summed E-state index contributed by atoms with van der Waals surface area (Å²) in [5.41, 5.74) is 11.2. The molecule has 3 aromatic heterocycles. The van der Waals surface area contributed by atoms with E-state index >= 15 is 0 Å². The molecule has 3 N–H and O–H groups in total. The number of rotatable bonds is 8. The number of benzene rings is 2. The minimum Gasteiger partial charge on any atom is -0.383 e. The van der Waals surface area contributed by atoms with Gasteiger partial charge in [-0.25, -0.2) is 14.6 Å². The van der Waals surface area contributed by atoms with Gasteiger partial charge in [0.25, 0.3) is 0 Å². The highest BCUT2D eigenvalue weighted by atomic mass is 16.5. The van der Waals surface area contributed by atoms with E-state index in [1.165, 1.54) is 6.33 Å². The molecular formula is C33H36N8O4. The van der Waals surface area contributed by atoms with Crippen molar-refractivity contribution in [3.8, 4) is 16.9 Å². The second-order valence-electron chi connectivity index (χ2n) is 12.1. The van der Waals surface area contributed by atoms with Crippen molar-refractivity contribution < 1.29 is 18.8 Å². The number of nitrogens with zero attached hydrogens (tertiary/aromatic N) is 6. The second kappa shape index (κ2) is 12.5. The van der Waals surface area contributed by atoms with Crippen LogP contribution in [0.15, 0.2) is 65.4 Å². The van der Waals surface area contributed by atoms with Gasteiger partial charge in [0.1, 0.15) is 23.6 Å². The summed E-state index contributed by atoms with van der Waals surface area (Å²) in [5.74, 6) is 1.01. The molecule has 1 fully saturated rings. The van der Waals surface area contributed by atoms with Crippen molar-refractivity contribution in [2.45, 2.75) is 45.4 Å². The molecule has 2 amide bonds. The highest BCUT2D eigenvalue weighted by Crippen LogP contribution is 2.32. The maximum absolute atomic E-state index is 12.7. The highest BCUT2D eigenvalue weighted by molar-refractivity contribution is 5.99. The standard InChI is InChI=1S/C33H36N8O4/c1-33(2,3)26-18-24(39-45-26)19-27(42)37-23-9-11-25(12-10-23)41-32-29(31(34)35-20-36-32)30(38-41)22-7-4-21(5-8-22)6-13-28(43)40-14-16-44-17-15-40/h4-5,7-12,18,20H,6,13-17,19H2,1-3H3,(H,37,42)(H2,34,35,36). The molecule has 1 aliphatic heterocycles. The molecule has 232 valence electrons. The number of anilines is 2. The molecule has 1 aliphatic rings. The van der Waals surface area contributed by atoms with Crippen molar-refractivity contribution in [1.29, 1.82) is 0 Å². The largest absolute Gasteiger partial charge is 0.383 e. The van der Waals surface area contributed by atoms with Crippen LogP contribution in [-0.4, -0.2) is 67.9 Å². The first-order valence-electron chi connectivity index (χ1n) is 15.0. The van der Waals surface area contributed by atoms with Gasteiger partial charge in [-0.05, 0) is 36.2 Å². The van der Waals surface area contributed by atoms with Crippen LogP contribution in [-0.2, 0) is 32.6 Å². The van der Waals surface area contributed by atoms with Crippen LogP contribution in [0.3, 0.4) is 0 Å². The highest BCUT2D eigenvalue weighted by Gasteiger charge is 2.22. The van der Waals surface area contributed by atoms with E-state index in [1.807, 2.05) is 68.1 Å². The molecule has 0 atom stereocenters. The number of hydrogen-bond acceptors (Lipinski definition) is 9. The topological polar surface area (TPSA) is 154 Å². The number of aryl methyl sites for hydroxylation is 1. The van der Waals surface area contributed by atoms with Gasteiger partial charge in [0.15, 0.2) is 5.65 Å². The lowest BCUT2D eigenvalue weighted by Gasteiger charge is -2.26. The number of morpholine rings is 1. The van der Waals surface area contributed by atoms with Gasteiger partial charge in [0, 0.05) is 42.2 Å². The molecule has 2 aromatic carbocycles. The third-order valence-electron chi connectivity index (χ3n) is 7.75. The zero-order valence-corrected chi connectivity index (χ0v) is 25.6. The number of hydrogen-bond donors (Lipinski definition) is 2. The lowest BCUT2D eigenvalue weighted by atomic mass is 9.93. The number of nitrogens with one attached hydrogen (secondary N) is 1. The summed E-state index contributed by atoms with van der Waals surface area (Å²) in [4.78, 5) is 35.8. The summed E-state index contributed by atoms with van der Waals surface area (Å²) in [6, 6.07) is 17.1. The molecule has 4 heterocycles. The second-order valence-corrected chi connectivity index (χ2v) is 12.1. The predicted octanol–water partition coefficient (Wildman–Crippen LogP) is 4.32. The van der Waals surface area contributed by atoms with E-state index < -0.39 is 0 Å². The fraction of sp³-hybridized carbons (Fsp3) is 0.333. The molecule has 6 rings (SSSR count). The Balaban J connectivity index is 1.17. The molecule has 45 heavy (non-hydrogen) atoms. The Kier molecular flexibility index (Phi) is 8.31. The van der Waals surface area contributed by atoms with E-state index in [2.05, 4.69) is 20.4 Å². The molecule has 0 bridgehead atoms. The van der Waals surface area contributed by atoms with Crippen molar-refractivity contribution in [3.05, 3.63) is 77.9 Å². The average Bonchev–Trinajstić information content (AvgIpc) is 3.67. The Morgan fingerprint density at radius 1 is 1.00 bits per heavy atom. The third-order valence-corrected chi connectivity index (χ3v) is 7.75. The Morgan fingerprint density at radius 2 is 1.73 bits per heavy atom. The molecule has 12 nitrogen and oxygen atoms in total. The molecule has 12 heteroatoms. The lowest BCUT2D eigenvalue weighted by molar-refractivity contribution is -0.135. The van der Waals surface area contributed by atoms with Gasteiger partial charge in [0.05, 0.1) is 36.4 Å². The Labute approximate surface area is 260 Å². The van der Waals surface area contributed by atoms with Crippen LogP contribution < -0.4 is 11.1 Å². The number of nitrogens with two attached hydrogens (primary N) is 1. The average molecular weight is 609 g/mol. The third kappa shape index (κ3) is 6.70. The van der Waals surface area contributed by atoms with E-state index in [0.29, 0.717) is 73.1 Å². The van der Waals surface area contributed by atoms with Crippen LogP contribution in [0.25, 0.3) is 28.0 Å². The number of fused-ring (bicyclic) bond motifs is 1. The number of nitrogen functional groups attached to an aromatic ring is 1. The first-order chi connectivity index (χ1) is 21.7.